The van der Waals surface area contributed by atoms with Gasteiger partial charge >= 0.3 is 0 Å². The monoisotopic (exact) mass is 501 g/mol. The Balaban J connectivity index is 1.40. The predicted molar refractivity (Wildman–Crippen MR) is 134 cm³/mol. The molecular weight excluding hydrogens is 486 g/mol. The molecule has 156 valence electrons. The van der Waals surface area contributed by atoms with Gasteiger partial charge in [0.25, 0.3) is 0 Å². The highest BCUT2D eigenvalue weighted by Gasteiger charge is 2.11. The molecule has 0 saturated heterocycles. The summed E-state index contributed by atoms with van der Waals surface area (Å²) in [6.45, 7) is 0. The number of carbonyl (C=O) groups excluding carboxylic acids is 1. The van der Waals surface area contributed by atoms with Gasteiger partial charge in [0.2, 0.25) is 5.91 Å². The third kappa shape index (κ3) is 5.99. The van der Waals surface area contributed by atoms with Crippen molar-refractivity contribution in [2.45, 2.75) is 14.1 Å². The lowest BCUT2D eigenvalue weighted by Gasteiger charge is -2.10. The molecule has 1 heterocycles. The zero-order valence-corrected chi connectivity index (χ0v) is 20.0. The molecule has 0 aliphatic heterocycles. The number of hydrogen-bond donors (Lipinski definition) is 1. The SMILES string of the molecule is O=C(CSc1nn(-c2ccccc2)c(=S)s1)Nc1ccccc1Sc1ccc(Cl)cc1. The number of para-hydroxylation sites is 2. The van der Waals surface area contributed by atoms with Crippen LogP contribution in [0.2, 0.25) is 5.02 Å². The maximum atomic E-state index is 12.6. The van der Waals surface area contributed by atoms with Crippen molar-refractivity contribution in [3.8, 4) is 5.69 Å². The molecule has 0 spiro atoms. The fourth-order valence-corrected chi connectivity index (χ4v) is 5.84. The zero-order chi connectivity index (χ0) is 21.6. The molecule has 0 atom stereocenters. The molecule has 0 radical (unpaired) electrons. The van der Waals surface area contributed by atoms with Crippen LogP contribution in [-0.2, 0) is 4.79 Å². The van der Waals surface area contributed by atoms with Crippen molar-refractivity contribution in [1.29, 1.82) is 0 Å². The number of aromatic nitrogens is 2. The lowest BCUT2D eigenvalue weighted by molar-refractivity contribution is -0.113. The Bertz CT molecular complexity index is 1240. The topological polar surface area (TPSA) is 46.9 Å². The minimum absolute atomic E-state index is 0.0958. The molecule has 0 bridgehead atoms. The van der Waals surface area contributed by atoms with Crippen LogP contribution in [0.3, 0.4) is 0 Å². The van der Waals surface area contributed by atoms with Crippen LogP contribution in [0.15, 0.2) is 93.0 Å². The fraction of sp³-hybridized carbons (Fsp3) is 0.0455. The average molecular weight is 502 g/mol. The Morgan fingerprint density at radius 3 is 2.52 bits per heavy atom. The number of carbonyl (C=O) groups is 1. The highest BCUT2D eigenvalue weighted by Crippen LogP contribution is 2.34. The number of hydrogen-bond acceptors (Lipinski definition) is 6. The molecule has 1 amide bonds. The van der Waals surface area contributed by atoms with E-state index < -0.39 is 0 Å². The molecule has 3 aromatic carbocycles. The second kappa shape index (κ2) is 10.5. The summed E-state index contributed by atoms with van der Waals surface area (Å²) in [7, 11) is 0. The standard InChI is InChI=1S/C22H16ClN3OS4/c23-15-10-12-17(13-11-15)30-19-9-5-4-8-18(19)24-20(27)14-29-21-25-26(22(28)31-21)16-6-2-1-3-7-16/h1-13H,14H2,(H,24,27). The van der Waals surface area contributed by atoms with Crippen molar-refractivity contribution in [1.82, 2.24) is 9.78 Å². The smallest absolute Gasteiger partial charge is 0.234 e. The lowest BCUT2D eigenvalue weighted by atomic mass is 10.3. The van der Waals surface area contributed by atoms with E-state index in [1.165, 1.54) is 23.1 Å². The van der Waals surface area contributed by atoms with Gasteiger partial charge in [0, 0.05) is 14.8 Å². The van der Waals surface area contributed by atoms with Gasteiger partial charge in [-0.25, -0.2) is 4.68 Å². The summed E-state index contributed by atoms with van der Waals surface area (Å²) in [5.74, 6) is 0.151. The van der Waals surface area contributed by atoms with E-state index in [1.807, 2.05) is 78.9 Å². The average Bonchev–Trinajstić information content (AvgIpc) is 3.16. The minimum atomic E-state index is -0.0958. The first-order chi connectivity index (χ1) is 15.1. The van der Waals surface area contributed by atoms with Crippen molar-refractivity contribution >= 4 is 70.3 Å². The van der Waals surface area contributed by atoms with E-state index in [0.717, 1.165) is 25.5 Å². The second-order valence-corrected chi connectivity index (χ2v) is 10.7. The number of thioether (sulfide) groups is 1. The number of anilines is 1. The Morgan fingerprint density at radius 1 is 1.03 bits per heavy atom. The van der Waals surface area contributed by atoms with Crippen LogP contribution in [0, 0.1) is 3.95 Å². The highest BCUT2D eigenvalue weighted by molar-refractivity contribution is 8.01. The summed E-state index contributed by atoms with van der Waals surface area (Å²) in [6, 6.07) is 25.1. The largest absolute Gasteiger partial charge is 0.324 e. The van der Waals surface area contributed by atoms with E-state index in [9.17, 15) is 4.79 Å². The third-order valence-corrected chi connectivity index (χ3v) is 7.76. The number of amides is 1. The second-order valence-electron chi connectivity index (χ2n) is 6.27. The van der Waals surface area contributed by atoms with Crippen LogP contribution >= 0.6 is 58.7 Å². The van der Waals surface area contributed by atoms with Gasteiger partial charge < -0.3 is 5.32 Å². The number of benzene rings is 3. The van der Waals surface area contributed by atoms with Gasteiger partial charge in [0.05, 0.1) is 17.1 Å². The molecule has 4 aromatic rings. The van der Waals surface area contributed by atoms with Gasteiger partial charge in [-0.2, -0.15) is 0 Å². The van der Waals surface area contributed by atoms with Gasteiger partial charge in [-0.1, -0.05) is 76.8 Å². The van der Waals surface area contributed by atoms with Crippen molar-refractivity contribution in [2.24, 2.45) is 0 Å². The fourth-order valence-electron chi connectivity index (χ4n) is 2.65. The van der Waals surface area contributed by atoms with Crippen molar-refractivity contribution in [3.63, 3.8) is 0 Å². The van der Waals surface area contributed by atoms with E-state index in [2.05, 4.69) is 10.4 Å². The summed E-state index contributed by atoms with van der Waals surface area (Å²) in [6.07, 6.45) is 0. The van der Waals surface area contributed by atoms with Gasteiger partial charge in [-0.3, -0.25) is 4.79 Å². The summed E-state index contributed by atoms with van der Waals surface area (Å²) in [5.41, 5.74) is 1.68. The van der Waals surface area contributed by atoms with Crippen LogP contribution in [0.5, 0.6) is 0 Å². The van der Waals surface area contributed by atoms with Crippen molar-refractivity contribution in [3.05, 3.63) is 87.8 Å². The molecule has 0 fully saturated rings. The normalized spacial score (nSPS) is 10.7. The van der Waals surface area contributed by atoms with Crippen LogP contribution in [-0.4, -0.2) is 21.4 Å². The summed E-state index contributed by atoms with van der Waals surface area (Å²) >= 11 is 15.7. The van der Waals surface area contributed by atoms with Gasteiger partial charge in [0.1, 0.15) is 0 Å². The quantitative estimate of drug-likeness (QED) is 0.214. The lowest BCUT2D eigenvalue weighted by Crippen LogP contribution is -2.14. The van der Waals surface area contributed by atoms with E-state index in [0.29, 0.717) is 8.98 Å². The minimum Gasteiger partial charge on any atom is -0.324 e. The molecule has 9 heteroatoms. The molecular formula is C22H16ClN3OS4. The van der Waals surface area contributed by atoms with Gasteiger partial charge in [0.15, 0.2) is 8.29 Å². The summed E-state index contributed by atoms with van der Waals surface area (Å²) in [5, 5.41) is 8.24. The molecule has 1 N–H and O–H groups in total. The number of halogens is 1. The Hall–Kier alpha value is -2.10. The van der Waals surface area contributed by atoms with Crippen LogP contribution in [0.25, 0.3) is 5.69 Å². The molecule has 1 aromatic heterocycles. The number of nitrogens with zero attached hydrogens (tertiary/aromatic N) is 2. The Morgan fingerprint density at radius 2 is 1.74 bits per heavy atom. The van der Waals surface area contributed by atoms with Crippen LogP contribution in [0.4, 0.5) is 5.69 Å². The van der Waals surface area contributed by atoms with Crippen LogP contribution < -0.4 is 5.32 Å². The molecule has 0 aliphatic carbocycles. The zero-order valence-electron chi connectivity index (χ0n) is 16.0. The summed E-state index contributed by atoms with van der Waals surface area (Å²) in [4.78, 5) is 14.6. The van der Waals surface area contributed by atoms with Crippen molar-refractivity contribution in [2.75, 3.05) is 11.1 Å². The maximum absolute atomic E-state index is 12.6. The van der Waals surface area contributed by atoms with Crippen molar-refractivity contribution < 1.29 is 4.79 Å². The van der Waals surface area contributed by atoms with E-state index in [1.54, 1.807) is 16.4 Å². The van der Waals surface area contributed by atoms with Crippen LogP contribution in [0.1, 0.15) is 0 Å². The molecule has 0 aliphatic rings. The maximum Gasteiger partial charge on any atom is 0.234 e. The van der Waals surface area contributed by atoms with E-state index >= 15 is 0 Å². The summed E-state index contributed by atoms with van der Waals surface area (Å²) < 4.78 is 3.13. The van der Waals surface area contributed by atoms with Gasteiger partial charge in [-0.05, 0) is 60.7 Å². The predicted octanol–water partition coefficient (Wildman–Crippen LogP) is 7.20. The first-order valence-corrected chi connectivity index (χ1v) is 12.6. The Kier molecular flexibility index (Phi) is 7.47. The number of rotatable bonds is 7. The van der Waals surface area contributed by atoms with E-state index in [4.69, 9.17) is 23.8 Å². The molecule has 0 saturated carbocycles. The molecule has 0 unspecified atom stereocenters. The first kappa shape index (κ1) is 22.1. The molecule has 31 heavy (non-hydrogen) atoms. The highest BCUT2D eigenvalue weighted by atomic mass is 35.5. The first-order valence-electron chi connectivity index (χ1n) is 9.19. The molecule has 4 rings (SSSR count). The molecule has 4 nitrogen and oxygen atoms in total. The number of nitrogens with one attached hydrogen (secondary N) is 1. The van der Waals surface area contributed by atoms with Gasteiger partial charge in [-0.15, -0.1) is 5.10 Å². The third-order valence-electron chi connectivity index (χ3n) is 4.06. The van der Waals surface area contributed by atoms with E-state index in [-0.39, 0.29) is 11.7 Å². The Labute approximate surface area is 202 Å².